The summed E-state index contributed by atoms with van der Waals surface area (Å²) in [6.07, 6.45) is 0. The zero-order valence-electron chi connectivity index (χ0n) is 14.4. The predicted molar refractivity (Wildman–Crippen MR) is 98.2 cm³/mol. The number of pyridine rings is 1. The Morgan fingerprint density at radius 2 is 1.56 bits per heavy atom. The SMILES string of the molecule is Cc1cccc(NC(=O)c2cccc(Nc3nc(C)cc(C)n3)c2)n1. The van der Waals surface area contributed by atoms with Crippen molar-refractivity contribution in [2.75, 3.05) is 10.6 Å². The number of hydrogen-bond acceptors (Lipinski definition) is 5. The number of nitrogens with zero attached hydrogens (tertiary/aromatic N) is 3. The number of rotatable bonds is 4. The van der Waals surface area contributed by atoms with Gasteiger partial charge in [-0.15, -0.1) is 0 Å². The zero-order chi connectivity index (χ0) is 17.8. The van der Waals surface area contributed by atoms with E-state index in [4.69, 9.17) is 0 Å². The monoisotopic (exact) mass is 333 g/mol. The van der Waals surface area contributed by atoms with Gasteiger partial charge in [-0.1, -0.05) is 12.1 Å². The van der Waals surface area contributed by atoms with Gasteiger partial charge in [0.15, 0.2) is 0 Å². The summed E-state index contributed by atoms with van der Waals surface area (Å²) < 4.78 is 0. The molecule has 0 atom stereocenters. The minimum atomic E-state index is -0.219. The molecule has 0 radical (unpaired) electrons. The number of nitrogens with one attached hydrogen (secondary N) is 2. The first-order valence-electron chi connectivity index (χ1n) is 7.94. The summed E-state index contributed by atoms with van der Waals surface area (Å²) in [5, 5.41) is 5.94. The van der Waals surface area contributed by atoms with Gasteiger partial charge < -0.3 is 10.6 Å². The average molecular weight is 333 g/mol. The molecule has 1 aromatic carbocycles. The van der Waals surface area contributed by atoms with Gasteiger partial charge in [0.2, 0.25) is 5.95 Å². The predicted octanol–water partition coefficient (Wildman–Crippen LogP) is 3.79. The lowest BCUT2D eigenvalue weighted by atomic mass is 10.2. The van der Waals surface area contributed by atoms with E-state index >= 15 is 0 Å². The van der Waals surface area contributed by atoms with Crippen LogP contribution in [-0.4, -0.2) is 20.9 Å². The molecular formula is C19H19N5O. The van der Waals surface area contributed by atoms with Crippen molar-refractivity contribution in [2.24, 2.45) is 0 Å². The molecule has 0 bridgehead atoms. The third-order valence-corrected chi connectivity index (χ3v) is 3.49. The van der Waals surface area contributed by atoms with Crippen LogP contribution in [0.4, 0.5) is 17.5 Å². The molecule has 0 fully saturated rings. The normalized spacial score (nSPS) is 10.4. The number of carbonyl (C=O) groups is 1. The highest BCUT2D eigenvalue weighted by atomic mass is 16.1. The fraction of sp³-hybridized carbons (Fsp3) is 0.158. The second-order valence-corrected chi connectivity index (χ2v) is 5.80. The molecule has 25 heavy (non-hydrogen) atoms. The second-order valence-electron chi connectivity index (χ2n) is 5.80. The van der Waals surface area contributed by atoms with Crippen LogP contribution in [0, 0.1) is 20.8 Å². The molecule has 0 aliphatic rings. The van der Waals surface area contributed by atoms with Crippen LogP contribution < -0.4 is 10.6 Å². The molecule has 0 aliphatic heterocycles. The molecule has 6 nitrogen and oxygen atoms in total. The highest BCUT2D eigenvalue weighted by Gasteiger charge is 2.08. The van der Waals surface area contributed by atoms with Crippen molar-refractivity contribution in [3.8, 4) is 0 Å². The van der Waals surface area contributed by atoms with Crippen LogP contribution in [0.1, 0.15) is 27.4 Å². The number of aryl methyl sites for hydroxylation is 3. The quantitative estimate of drug-likeness (QED) is 0.759. The number of amides is 1. The summed E-state index contributed by atoms with van der Waals surface area (Å²) in [6.45, 7) is 5.71. The second kappa shape index (κ2) is 7.09. The van der Waals surface area contributed by atoms with E-state index in [1.54, 1.807) is 18.2 Å². The Bertz CT molecular complexity index is 903. The molecule has 3 rings (SSSR count). The summed E-state index contributed by atoms with van der Waals surface area (Å²) in [5.74, 6) is 0.819. The molecule has 0 unspecified atom stereocenters. The van der Waals surface area contributed by atoms with Crippen LogP contribution in [0.3, 0.4) is 0 Å². The average Bonchev–Trinajstić information content (AvgIpc) is 2.54. The number of aromatic nitrogens is 3. The Morgan fingerprint density at radius 3 is 2.28 bits per heavy atom. The van der Waals surface area contributed by atoms with Gasteiger partial charge >= 0.3 is 0 Å². The zero-order valence-corrected chi connectivity index (χ0v) is 14.4. The summed E-state index contributed by atoms with van der Waals surface area (Å²) >= 11 is 0. The molecule has 0 saturated carbocycles. The van der Waals surface area contributed by atoms with Gasteiger partial charge in [0.1, 0.15) is 5.82 Å². The fourth-order valence-corrected chi connectivity index (χ4v) is 2.45. The summed E-state index contributed by atoms with van der Waals surface area (Å²) in [6, 6.07) is 14.6. The maximum atomic E-state index is 12.4. The Kier molecular flexibility index (Phi) is 4.70. The number of hydrogen-bond donors (Lipinski definition) is 2. The summed E-state index contributed by atoms with van der Waals surface area (Å²) in [7, 11) is 0. The first-order chi connectivity index (χ1) is 12.0. The van der Waals surface area contributed by atoms with E-state index in [2.05, 4.69) is 25.6 Å². The molecule has 0 aliphatic carbocycles. The smallest absolute Gasteiger partial charge is 0.256 e. The molecule has 2 aromatic heterocycles. The van der Waals surface area contributed by atoms with Gasteiger partial charge in [-0.2, -0.15) is 0 Å². The maximum absolute atomic E-state index is 12.4. The third kappa shape index (κ3) is 4.38. The number of anilines is 3. The minimum absolute atomic E-state index is 0.219. The molecule has 2 N–H and O–H groups in total. The molecule has 0 saturated heterocycles. The molecule has 126 valence electrons. The van der Waals surface area contributed by atoms with E-state index in [9.17, 15) is 4.79 Å². The lowest BCUT2D eigenvalue weighted by Crippen LogP contribution is -2.13. The highest BCUT2D eigenvalue weighted by Crippen LogP contribution is 2.17. The van der Waals surface area contributed by atoms with E-state index < -0.39 is 0 Å². The van der Waals surface area contributed by atoms with Crippen LogP contribution in [0.5, 0.6) is 0 Å². The van der Waals surface area contributed by atoms with Crippen LogP contribution in [0.2, 0.25) is 0 Å². The Morgan fingerprint density at radius 1 is 0.840 bits per heavy atom. The van der Waals surface area contributed by atoms with E-state index in [0.29, 0.717) is 17.3 Å². The van der Waals surface area contributed by atoms with Gasteiger partial charge in [0.05, 0.1) is 0 Å². The molecule has 0 spiro atoms. The van der Waals surface area contributed by atoms with E-state index in [1.807, 2.05) is 51.1 Å². The van der Waals surface area contributed by atoms with Crippen molar-refractivity contribution in [3.05, 3.63) is 71.2 Å². The van der Waals surface area contributed by atoms with Crippen LogP contribution in [0.25, 0.3) is 0 Å². The maximum Gasteiger partial charge on any atom is 0.256 e. The van der Waals surface area contributed by atoms with Crippen molar-refractivity contribution in [2.45, 2.75) is 20.8 Å². The Labute approximate surface area is 146 Å². The summed E-state index contributed by atoms with van der Waals surface area (Å²) in [5.41, 5.74) is 3.89. The standard InChI is InChI=1S/C19H19N5O/c1-12-6-4-9-17(20-12)24-18(25)15-7-5-8-16(11-15)23-19-21-13(2)10-14(3)22-19/h4-11H,1-3H3,(H,20,24,25)(H,21,22,23). The fourth-order valence-electron chi connectivity index (χ4n) is 2.45. The first-order valence-corrected chi connectivity index (χ1v) is 7.94. The van der Waals surface area contributed by atoms with Crippen LogP contribution in [-0.2, 0) is 0 Å². The van der Waals surface area contributed by atoms with Crippen LogP contribution in [0.15, 0.2) is 48.5 Å². The number of benzene rings is 1. The summed E-state index contributed by atoms with van der Waals surface area (Å²) in [4.78, 5) is 25.4. The first kappa shape index (κ1) is 16.6. The van der Waals surface area contributed by atoms with Gasteiger partial charge in [-0.25, -0.2) is 15.0 Å². The van der Waals surface area contributed by atoms with Gasteiger partial charge in [-0.3, -0.25) is 4.79 Å². The molecular weight excluding hydrogens is 314 g/mol. The lowest BCUT2D eigenvalue weighted by Gasteiger charge is -2.09. The van der Waals surface area contributed by atoms with Crippen LogP contribution >= 0.6 is 0 Å². The van der Waals surface area contributed by atoms with Gasteiger partial charge in [-0.05, 0) is 57.2 Å². The largest absolute Gasteiger partial charge is 0.324 e. The van der Waals surface area contributed by atoms with Crippen molar-refractivity contribution in [1.82, 2.24) is 15.0 Å². The Hall–Kier alpha value is -3.28. The lowest BCUT2D eigenvalue weighted by molar-refractivity contribution is 0.102. The van der Waals surface area contributed by atoms with Gasteiger partial charge in [0, 0.05) is 28.3 Å². The van der Waals surface area contributed by atoms with Crippen molar-refractivity contribution >= 4 is 23.4 Å². The minimum Gasteiger partial charge on any atom is -0.324 e. The topological polar surface area (TPSA) is 79.8 Å². The Balaban J connectivity index is 1.77. The molecule has 3 aromatic rings. The third-order valence-electron chi connectivity index (χ3n) is 3.49. The molecule has 6 heteroatoms. The highest BCUT2D eigenvalue weighted by molar-refractivity contribution is 6.04. The van der Waals surface area contributed by atoms with Gasteiger partial charge in [0.25, 0.3) is 5.91 Å². The molecule has 1 amide bonds. The van der Waals surface area contributed by atoms with Crippen molar-refractivity contribution in [1.29, 1.82) is 0 Å². The van der Waals surface area contributed by atoms with E-state index in [1.165, 1.54) is 0 Å². The van der Waals surface area contributed by atoms with E-state index in [-0.39, 0.29) is 5.91 Å². The number of carbonyl (C=O) groups excluding carboxylic acids is 1. The van der Waals surface area contributed by atoms with Crippen molar-refractivity contribution in [3.63, 3.8) is 0 Å². The molecule has 2 heterocycles. The van der Waals surface area contributed by atoms with E-state index in [0.717, 1.165) is 22.8 Å². The van der Waals surface area contributed by atoms with Crippen molar-refractivity contribution < 1.29 is 4.79 Å².